The van der Waals surface area contributed by atoms with Crippen LogP contribution in [-0.4, -0.2) is 48.0 Å². The number of benzene rings is 1. The van der Waals surface area contributed by atoms with Gasteiger partial charge in [0.1, 0.15) is 5.75 Å². The number of hydrogen-bond donors (Lipinski definition) is 2. The fourth-order valence-electron chi connectivity index (χ4n) is 3.89. The summed E-state index contributed by atoms with van der Waals surface area (Å²) in [6, 6.07) is 7.36. The van der Waals surface area contributed by atoms with E-state index >= 15 is 0 Å². The molecule has 0 spiro atoms. The first-order valence-corrected chi connectivity index (χ1v) is 10.4. The van der Waals surface area contributed by atoms with Crippen LogP contribution in [0.3, 0.4) is 0 Å². The van der Waals surface area contributed by atoms with Crippen molar-refractivity contribution in [3.63, 3.8) is 0 Å². The van der Waals surface area contributed by atoms with Crippen LogP contribution in [0, 0.1) is 5.92 Å². The van der Waals surface area contributed by atoms with Gasteiger partial charge in [0.15, 0.2) is 6.61 Å². The minimum Gasteiger partial charge on any atom is -0.484 e. The summed E-state index contributed by atoms with van der Waals surface area (Å²) < 4.78 is 5.66. The van der Waals surface area contributed by atoms with Gasteiger partial charge in [-0.3, -0.25) is 9.59 Å². The molecule has 1 aromatic rings. The van der Waals surface area contributed by atoms with Crippen LogP contribution in [0.1, 0.15) is 63.7 Å². The van der Waals surface area contributed by atoms with Crippen LogP contribution in [-0.2, 0) is 4.79 Å². The van der Waals surface area contributed by atoms with Crippen LogP contribution in [0.15, 0.2) is 24.3 Å². The zero-order valence-corrected chi connectivity index (χ0v) is 17.6. The second-order valence-corrected chi connectivity index (χ2v) is 8.28. The lowest BCUT2D eigenvalue weighted by Gasteiger charge is -2.38. The Labute approximate surface area is 168 Å². The van der Waals surface area contributed by atoms with Crippen LogP contribution in [0.25, 0.3) is 0 Å². The average molecular weight is 390 g/mol. The molecule has 1 aromatic carbocycles. The molecule has 156 valence electrons. The maximum absolute atomic E-state index is 12.5. The van der Waals surface area contributed by atoms with E-state index in [1.807, 2.05) is 4.90 Å². The number of nitrogens with one attached hydrogen (secondary N) is 1. The topological polar surface area (TPSA) is 84.7 Å². The largest absolute Gasteiger partial charge is 0.484 e. The van der Waals surface area contributed by atoms with E-state index in [1.54, 1.807) is 24.3 Å². The summed E-state index contributed by atoms with van der Waals surface area (Å²) in [6.45, 7) is 8.83. The lowest BCUT2D eigenvalue weighted by atomic mass is 9.97. The fraction of sp³-hybridized carbons (Fsp3) is 0.636. The number of carbonyl (C=O) groups is 2. The minimum atomic E-state index is -0.144. The van der Waals surface area contributed by atoms with E-state index in [1.165, 1.54) is 6.42 Å². The highest BCUT2D eigenvalue weighted by Crippen LogP contribution is 2.23. The van der Waals surface area contributed by atoms with Crippen molar-refractivity contribution in [2.45, 2.75) is 71.5 Å². The van der Waals surface area contributed by atoms with Crippen LogP contribution in [0.4, 0.5) is 0 Å². The number of hydrogen-bond acceptors (Lipinski definition) is 4. The van der Waals surface area contributed by atoms with Crippen molar-refractivity contribution in [1.29, 1.82) is 0 Å². The normalized spacial score (nSPS) is 20.7. The third-order valence-corrected chi connectivity index (χ3v) is 5.34. The zero-order valence-electron chi connectivity index (χ0n) is 17.6. The van der Waals surface area contributed by atoms with E-state index in [9.17, 15) is 9.59 Å². The van der Waals surface area contributed by atoms with Gasteiger partial charge in [-0.2, -0.15) is 0 Å². The number of piperidine rings is 1. The lowest BCUT2D eigenvalue weighted by Crippen LogP contribution is -2.49. The average Bonchev–Trinajstić information content (AvgIpc) is 2.65. The highest BCUT2D eigenvalue weighted by molar-refractivity contribution is 5.94. The molecule has 2 amide bonds. The molecular formula is C22H35N3O3. The molecule has 3 atom stereocenters. The van der Waals surface area contributed by atoms with Gasteiger partial charge in [0.05, 0.1) is 0 Å². The van der Waals surface area contributed by atoms with E-state index in [2.05, 4.69) is 33.0 Å². The van der Waals surface area contributed by atoms with Crippen molar-refractivity contribution in [1.82, 2.24) is 10.2 Å². The molecule has 0 saturated carbocycles. The molecule has 6 heteroatoms. The molecule has 28 heavy (non-hydrogen) atoms. The number of nitrogens with two attached hydrogens (primary N) is 1. The molecule has 0 aliphatic carbocycles. The minimum absolute atomic E-state index is 0.0148. The van der Waals surface area contributed by atoms with Gasteiger partial charge < -0.3 is 20.7 Å². The summed E-state index contributed by atoms with van der Waals surface area (Å²) in [5, 5.41) is 2.97. The molecule has 0 radical (unpaired) electrons. The molecular weight excluding hydrogens is 354 g/mol. The third kappa shape index (κ3) is 6.23. The van der Waals surface area contributed by atoms with Gasteiger partial charge in [0, 0.05) is 30.2 Å². The van der Waals surface area contributed by atoms with Gasteiger partial charge in [-0.05, 0) is 69.7 Å². The maximum Gasteiger partial charge on any atom is 0.260 e. The van der Waals surface area contributed by atoms with Gasteiger partial charge in [0.25, 0.3) is 11.8 Å². The zero-order chi connectivity index (χ0) is 20.7. The van der Waals surface area contributed by atoms with Gasteiger partial charge >= 0.3 is 0 Å². The Hall–Kier alpha value is -2.08. The predicted octanol–water partition coefficient (Wildman–Crippen LogP) is 2.96. The third-order valence-electron chi connectivity index (χ3n) is 5.34. The summed E-state index contributed by atoms with van der Waals surface area (Å²) >= 11 is 0. The SMILES string of the molecule is CC(C)CC(CN)NC(=O)c1ccc(OCC(=O)N2C(C)CCCC2C)cc1. The molecule has 6 nitrogen and oxygen atoms in total. The Morgan fingerprint density at radius 2 is 1.79 bits per heavy atom. The maximum atomic E-state index is 12.5. The van der Waals surface area contributed by atoms with E-state index < -0.39 is 0 Å². The Bertz CT molecular complexity index is 635. The number of ether oxygens (including phenoxy) is 1. The van der Waals surface area contributed by atoms with Crippen molar-refractivity contribution in [3.8, 4) is 5.75 Å². The number of likely N-dealkylation sites (tertiary alicyclic amines) is 1. The molecule has 1 aliphatic heterocycles. The van der Waals surface area contributed by atoms with Gasteiger partial charge in [-0.1, -0.05) is 13.8 Å². The van der Waals surface area contributed by atoms with Gasteiger partial charge in [0.2, 0.25) is 0 Å². The molecule has 3 unspecified atom stereocenters. The van der Waals surface area contributed by atoms with E-state index in [0.29, 0.717) is 23.8 Å². The molecule has 1 aliphatic rings. The van der Waals surface area contributed by atoms with Crippen LogP contribution < -0.4 is 15.8 Å². The van der Waals surface area contributed by atoms with Crippen molar-refractivity contribution in [2.24, 2.45) is 11.7 Å². The number of nitrogens with zero attached hydrogens (tertiary/aromatic N) is 1. The summed E-state index contributed by atoms with van der Waals surface area (Å²) in [6.07, 6.45) is 4.10. The Morgan fingerprint density at radius 3 is 2.32 bits per heavy atom. The lowest BCUT2D eigenvalue weighted by molar-refractivity contribution is -0.139. The standard InChI is InChI=1S/C22H35N3O3/c1-15(2)12-19(13-23)24-22(27)18-8-10-20(11-9-18)28-14-21(26)25-16(3)6-5-7-17(25)4/h8-11,15-17,19H,5-7,12-14,23H2,1-4H3,(H,24,27). The molecule has 1 heterocycles. The van der Waals surface area contributed by atoms with E-state index in [4.69, 9.17) is 10.5 Å². The highest BCUT2D eigenvalue weighted by atomic mass is 16.5. The molecule has 1 saturated heterocycles. The number of rotatable bonds is 8. The Morgan fingerprint density at radius 1 is 1.18 bits per heavy atom. The predicted molar refractivity (Wildman–Crippen MR) is 111 cm³/mol. The van der Waals surface area contributed by atoms with Gasteiger partial charge in [-0.15, -0.1) is 0 Å². The highest BCUT2D eigenvalue weighted by Gasteiger charge is 2.29. The summed E-state index contributed by atoms with van der Waals surface area (Å²) in [5.74, 6) is 0.919. The van der Waals surface area contributed by atoms with Crippen molar-refractivity contribution < 1.29 is 14.3 Å². The Balaban J connectivity index is 1.88. The molecule has 2 rings (SSSR count). The first-order valence-electron chi connectivity index (χ1n) is 10.4. The molecule has 1 fully saturated rings. The quantitative estimate of drug-likeness (QED) is 0.716. The second-order valence-electron chi connectivity index (χ2n) is 8.28. The van der Waals surface area contributed by atoms with Crippen LogP contribution >= 0.6 is 0 Å². The number of amides is 2. The number of carbonyl (C=O) groups excluding carboxylic acids is 2. The Kier molecular flexibility index (Phi) is 8.30. The first-order chi connectivity index (χ1) is 13.3. The molecule has 0 aromatic heterocycles. The van der Waals surface area contributed by atoms with Crippen molar-refractivity contribution >= 4 is 11.8 Å². The summed E-state index contributed by atoms with van der Waals surface area (Å²) in [4.78, 5) is 26.9. The fourth-order valence-corrected chi connectivity index (χ4v) is 3.89. The van der Waals surface area contributed by atoms with E-state index in [-0.39, 0.29) is 36.5 Å². The second kappa shape index (κ2) is 10.5. The van der Waals surface area contributed by atoms with Crippen molar-refractivity contribution in [2.75, 3.05) is 13.2 Å². The summed E-state index contributed by atoms with van der Waals surface area (Å²) in [5.41, 5.74) is 6.30. The summed E-state index contributed by atoms with van der Waals surface area (Å²) in [7, 11) is 0. The van der Waals surface area contributed by atoms with E-state index in [0.717, 1.165) is 19.3 Å². The first kappa shape index (κ1) is 22.2. The monoisotopic (exact) mass is 389 g/mol. The molecule has 0 bridgehead atoms. The van der Waals surface area contributed by atoms with Crippen LogP contribution in [0.5, 0.6) is 5.75 Å². The molecule has 3 N–H and O–H groups in total. The smallest absolute Gasteiger partial charge is 0.260 e. The van der Waals surface area contributed by atoms with Crippen molar-refractivity contribution in [3.05, 3.63) is 29.8 Å². The van der Waals surface area contributed by atoms with Crippen LogP contribution in [0.2, 0.25) is 0 Å². The van der Waals surface area contributed by atoms with Gasteiger partial charge in [-0.25, -0.2) is 0 Å².